The van der Waals surface area contributed by atoms with Crippen molar-refractivity contribution >= 4 is 11.8 Å². The summed E-state index contributed by atoms with van der Waals surface area (Å²) in [4.78, 5) is 25.6. The molecule has 4 unspecified atom stereocenters. The first-order valence-electron chi connectivity index (χ1n) is 6.22. The van der Waals surface area contributed by atoms with Crippen molar-refractivity contribution in [2.45, 2.75) is 19.3 Å². The summed E-state index contributed by atoms with van der Waals surface area (Å²) in [6, 6.07) is 0. The van der Waals surface area contributed by atoms with Crippen molar-refractivity contribution in [3.8, 4) is 0 Å². The van der Waals surface area contributed by atoms with Gasteiger partial charge in [0, 0.05) is 12.5 Å². The van der Waals surface area contributed by atoms with Gasteiger partial charge in [-0.15, -0.1) is 6.58 Å². The summed E-state index contributed by atoms with van der Waals surface area (Å²) in [5.41, 5.74) is -0.0684. The molecule has 2 bridgehead atoms. The molecule has 1 heterocycles. The Hall–Kier alpha value is -1.38. The van der Waals surface area contributed by atoms with Gasteiger partial charge in [-0.2, -0.15) is 0 Å². The second-order valence-corrected chi connectivity index (χ2v) is 5.53. The SMILES string of the molecule is C=CCCC12C=CC(C1)C1C(=O)N(C)C(=O)C12. The minimum atomic E-state index is -0.102. The fourth-order valence-corrected chi connectivity index (χ4v) is 3.95. The molecule has 1 aliphatic heterocycles. The van der Waals surface area contributed by atoms with Gasteiger partial charge in [0.25, 0.3) is 0 Å². The highest BCUT2D eigenvalue weighted by atomic mass is 16.2. The largest absolute Gasteiger partial charge is 0.285 e. The van der Waals surface area contributed by atoms with E-state index in [9.17, 15) is 9.59 Å². The van der Waals surface area contributed by atoms with E-state index < -0.39 is 0 Å². The Morgan fingerprint density at radius 2 is 2.29 bits per heavy atom. The van der Waals surface area contributed by atoms with Gasteiger partial charge in [-0.05, 0) is 25.2 Å². The Bertz CT molecular complexity index is 440. The van der Waals surface area contributed by atoms with E-state index in [2.05, 4.69) is 18.7 Å². The maximum absolute atomic E-state index is 12.2. The van der Waals surface area contributed by atoms with Crippen LogP contribution in [0.4, 0.5) is 0 Å². The van der Waals surface area contributed by atoms with Crippen LogP contribution in [0.1, 0.15) is 19.3 Å². The highest BCUT2D eigenvalue weighted by Crippen LogP contribution is 2.61. The van der Waals surface area contributed by atoms with Crippen molar-refractivity contribution < 1.29 is 9.59 Å². The molecule has 4 atom stereocenters. The number of hydrogen-bond acceptors (Lipinski definition) is 2. The van der Waals surface area contributed by atoms with Crippen LogP contribution in [0.25, 0.3) is 0 Å². The number of hydrogen-bond donors (Lipinski definition) is 0. The summed E-state index contributed by atoms with van der Waals surface area (Å²) in [6.07, 6.45) is 9.06. The molecule has 1 saturated carbocycles. The van der Waals surface area contributed by atoms with Crippen LogP contribution in [-0.2, 0) is 9.59 Å². The van der Waals surface area contributed by atoms with Crippen molar-refractivity contribution in [2.24, 2.45) is 23.2 Å². The summed E-state index contributed by atoms with van der Waals surface area (Å²) < 4.78 is 0. The fraction of sp³-hybridized carbons (Fsp3) is 0.571. The molecule has 2 aliphatic carbocycles. The summed E-state index contributed by atoms with van der Waals surface area (Å²) >= 11 is 0. The Morgan fingerprint density at radius 1 is 1.53 bits per heavy atom. The lowest BCUT2D eigenvalue weighted by Crippen LogP contribution is -2.33. The highest BCUT2D eigenvalue weighted by molar-refractivity contribution is 6.06. The van der Waals surface area contributed by atoms with Gasteiger partial charge in [-0.25, -0.2) is 0 Å². The molecule has 90 valence electrons. The standard InChI is InChI=1S/C14H17NO2/c1-3-4-6-14-7-5-9(8-14)10-11(14)13(17)15(2)12(10)16/h3,5,7,9-11H,1,4,6,8H2,2H3. The van der Waals surface area contributed by atoms with Crippen LogP contribution in [-0.4, -0.2) is 23.8 Å². The van der Waals surface area contributed by atoms with Crippen molar-refractivity contribution in [3.05, 3.63) is 24.8 Å². The average Bonchev–Trinajstić information content (AvgIpc) is 2.94. The monoisotopic (exact) mass is 231 g/mol. The fourth-order valence-electron chi connectivity index (χ4n) is 3.95. The predicted octanol–water partition coefficient (Wildman–Crippen LogP) is 1.76. The first-order chi connectivity index (χ1) is 8.10. The zero-order valence-corrected chi connectivity index (χ0v) is 10.1. The van der Waals surface area contributed by atoms with Crippen molar-refractivity contribution in [3.63, 3.8) is 0 Å². The van der Waals surface area contributed by atoms with Crippen LogP contribution in [0.5, 0.6) is 0 Å². The van der Waals surface area contributed by atoms with Gasteiger partial charge in [0.1, 0.15) is 0 Å². The highest BCUT2D eigenvalue weighted by Gasteiger charge is 2.64. The van der Waals surface area contributed by atoms with Crippen LogP contribution in [0.2, 0.25) is 0 Å². The average molecular weight is 231 g/mol. The molecule has 2 fully saturated rings. The molecule has 17 heavy (non-hydrogen) atoms. The normalized spacial score (nSPS) is 42.4. The molecular weight excluding hydrogens is 214 g/mol. The number of fused-ring (bicyclic) bond motifs is 5. The van der Waals surface area contributed by atoms with E-state index in [0.29, 0.717) is 0 Å². The molecule has 0 aromatic carbocycles. The lowest BCUT2D eigenvalue weighted by atomic mass is 9.72. The maximum atomic E-state index is 12.2. The van der Waals surface area contributed by atoms with E-state index in [1.165, 1.54) is 4.90 Å². The number of likely N-dealkylation sites (tertiary alicyclic amines) is 1. The first-order valence-corrected chi connectivity index (χ1v) is 6.22. The number of rotatable bonds is 3. The predicted molar refractivity (Wildman–Crippen MR) is 63.9 cm³/mol. The van der Waals surface area contributed by atoms with E-state index in [1.54, 1.807) is 7.05 Å². The van der Waals surface area contributed by atoms with Gasteiger partial charge in [0.15, 0.2) is 0 Å². The number of carbonyl (C=O) groups excluding carboxylic acids is 2. The third kappa shape index (κ3) is 1.17. The van der Waals surface area contributed by atoms with Gasteiger partial charge < -0.3 is 0 Å². The smallest absolute Gasteiger partial charge is 0.233 e. The zero-order chi connectivity index (χ0) is 12.2. The van der Waals surface area contributed by atoms with Crippen LogP contribution in [0.15, 0.2) is 24.8 Å². The molecule has 1 saturated heterocycles. The molecule has 0 aromatic heterocycles. The molecule has 0 aromatic rings. The molecule has 3 nitrogen and oxygen atoms in total. The van der Waals surface area contributed by atoms with E-state index in [-0.39, 0.29) is 35.0 Å². The van der Waals surface area contributed by atoms with Gasteiger partial charge in [-0.1, -0.05) is 18.2 Å². The quantitative estimate of drug-likeness (QED) is 0.548. The van der Waals surface area contributed by atoms with E-state index >= 15 is 0 Å². The number of imide groups is 1. The van der Waals surface area contributed by atoms with Crippen molar-refractivity contribution in [1.29, 1.82) is 0 Å². The lowest BCUT2D eigenvalue weighted by Gasteiger charge is -2.30. The van der Waals surface area contributed by atoms with E-state index in [4.69, 9.17) is 0 Å². The summed E-state index contributed by atoms with van der Waals surface area (Å²) in [6.45, 7) is 3.75. The molecule has 0 spiro atoms. The van der Waals surface area contributed by atoms with Gasteiger partial charge in [0.2, 0.25) is 11.8 Å². The second-order valence-electron chi connectivity index (χ2n) is 5.53. The Balaban J connectivity index is 1.98. The van der Waals surface area contributed by atoms with Crippen LogP contribution >= 0.6 is 0 Å². The second kappa shape index (κ2) is 3.31. The summed E-state index contributed by atoms with van der Waals surface area (Å²) in [7, 11) is 1.61. The number of nitrogens with zero attached hydrogens (tertiary/aromatic N) is 1. The molecule has 2 amide bonds. The molecule has 0 N–H and O–H groups in total. The first kappa shape index (κ1) is 10.8. The molecule has 0 radical (unpaired) electrons. The topological polar surface area (TPSA) is 37.4 Å². The van der Waals surface area contributed by atoms with Gasteiger partial charge >= 0.3 is 0 Å². The van der Waals surface area contributed by atoms with Gasteiger partial charge in [-0.3, -0.25) is 14.5 Å². The molecule has 3 heteroatoms. The Morgan fingerprint density at radius 3 is 3.00 bits per heavy atom. The van der Waals surface area contributed by atoms with Crippen LogP contribution < -0.4 is 0 Å². The number of carbonyl (C=O) groups is 2. The van der Waals surface area contributed by atoms with Gasteiger partial charge in [0.05, 0.1) is 11.8 Å². The Kier molecular flexibility index (Phi) is 2.09. The minimum absolute atomic E-state index is 0.0230. The summed E-state index contributed by atoms with van der Waals surface area (Å²) in [5, 5.41) is 0. The third-order valence-corrected chi connectivity index (χ3v) is 4.76. The maximum Gasteiger partial charge on any atom is 0.233 e. The molecular formula is C14H17NO2. The Labute approximate surface area is 101 Å². The minimum Gasteiger partial charge on any atom is -0.285 e. The third-order valence-electron chi connectivity index (χ3n) is 4.76. The van der Waals surface area contributed by atoms with E-state index in [0.717, 1.165) is 19.3 Å². The van der Waals surface area contributed by atoms with Crippen LogP contribution in [0.3, 0.4) is 0 Å². The zero-order valence-electron chi connectivity index (χ0n) is 10.1. The van der Waals surface area contributed by atoms with E-state index in [1.807, 2.05) is 6.08 Å². The summed E-state index contributed by atoms with van der Waals surface area (Å²) in [5.74, 6) is 0.147. The molecule has 3 aliphatic rings. The number of allylic oxidation sites excluding steroid dienone is 3. The van der Waals surface area contributed by atoms with Crippen molar-refractivity contribution in [1.82, 2.24) is 4.90 Å². The lowest BCUT2D eigenvalue weighted by molar-refractivity contribution is -0.139. The van der Waals surface area contributed by atoms with Crippen molar-refractivity contribution in [2.75, 3.05) is 7.05 Å². The van der Waals surface area contributed by atoms with Crippen LogP contribution in [0, 0.1) is 23.2 Å². The molecule has 3 rings (SSSR count). The number of amides is 2.